The molecule has 150 valence electrons. The fourth-order valence-electron chi connectivity index (χ4n) is 3.99. The number of amides is 1. The van der Waals surface area contributed by atoms with Crippen LogP contribution in [0.15, 0.2) is 58.3 Å². The van der Waals surface area contributed by atoms with Crippen LogP contribution < -0.4 is 0 Å². The Morgan fingerprint density at radius 2 is 1.72 bits per heavy atom. The van der Waals surface area contributed by atoms with E-state index in [1.54, 1.807) is 11.8 Å². The van der Waals surface area contributed by atoms with Crippen LogP contribution in [0.4, 0.5) is 0 Å². The maximum absolute atomic E-state index is 13.4. The first-order chi connectivity index (χ1) is 14.1. The normalized spacial score (nSPS) is 18.6. The first-order valence-electron chi connectivity index (χ1n) is 9.75. The van der Waals surface area contributed by atoms with Crippen LogP contribution in [0.1, 0.15) is 23.3 Å². The molecule has 2 aliphatic heterocycles. The largest absolute Gasteiger partial charge is 0.350 e. The number of piperidine rings is 1. The molecule has 2 saturated heterocycles. The van der Waals surface area contributed by atoms with E-state index in [2.05, 4.69) is 4.98 Å². The molecule has 2 aliphatic rings. The van der Waals surface area contributed by atoms with Gasteiger partial charge in [-0.2, -0.15) is 0 Å². The van der Waals surface area contributed by atoms with Gasteiger partial charge < -0.3 is 19.4 Å². The number of halogens is 1. The number of rotatable bonds is 3. The van der Waals surface area contributed by atoms with Crippen molar-refractivity contribution in [3.05, 3.63) is 59.2 Å². The Bertz CT molecular complexity index is 1030. The van der Waals surface area contributed by atoms with Gasteiger partial charge in [-0.25, -0.2) is 0 Å². The van der Waals surface area contributed by atoms with E-state index in [1.165, 1.54) is 0 Å². The summed E-state index contributed by atoms with van der Waals surface area (Å²) >= 11 is 7.61. The van der Waals surface area contributed by atoms with E-state index >= 15 is 0 Å². The summed E-state index contributed by atoms with van der Waals surface area (Å²) < 4.78 is 11.6. The molecular weight excluding hydrogens is 408 g/mol. The van der Waals surface area contributed by atoms with Crippen molar-refractivity contribution >= 4 is 40.2 Å². The zero-order chi connectivity index (χ0) is 19.8. The lowest BCUT2D eigenvalue weighted by atomic mass is 10.0. The minimum Gasteiger partial charge on any atom is -0.350 e. The Hall–Kier alpha value is -1.99. The molecule has 2 fully saturated rings. The SMILES string of the molecule is O=C(c1[nH]c2ccccc2c1Sc1ccc(Cl)cc1)N1CCC2(CC1)OCCO2. The topological polar surface area (TPSA) is 54.6 Å². The van der Waals surface area contributed by atoms with Crippen molar-refractivity contribution in [1.82, 2.24) is 9.88 Å². The van der Waals surface area contributed by atoms with Crippen LogP contribution in [0.5, 0.6) is 0 Å². The van der Waals surface area contributed by atoms with Gasteiger partial charge in [0.2, 0.25) is 0 Å². The molecule has 0 unspecified atom stereocenters. The van der Waals surface area contributed by atoms with E-state index in [0.29, 0.717) is 49.9 Å². The number of H-pyrrole nitrogens is 1. The molecule has 0 aliphatic carbocycles. The maximum atomic E-state index is 13.4. The van der Waals surface area contributed by atoms with Crippen molar-refractivity contribution in [2.45, 2.75) is 28.4 Å². The molecule has 2 aromatic carbocycles. The van der Waals surface area contributed by atoms with Crippen LogP contribution in [0.3, 0.4) is 0 Å². The van der Waals surface area contributed by atoms with Gasteiger partial charge in [-0.15, -0.1) is 0 Å². The van der Waals surface area contributed by atoms with Crippen LogP contribution in [-0.2, 0) is 9.47 Å². The van der Waals surface area contributed by atoms with Crippen molar-refractivity contribution in [3.8, 4) is 0 Å². The lowest BCUT2D eigenvalue weighted by Crippen LogP contribution is -2.47. The molecule has 7 heteroatoms. The zero-order valence-corrected chi connectivity index (χ0v) is 17.4. The van der Waals surface area contributed by atoms with Gasteiger partial charge in [0, 0.05) is 46.8 Å². The molecule has 3 heterocycles. The minimum absolute atomic E-state index is 0.0190. The summed E-state index contributed by atoms with van der Waals surface area (Å²) in [5.74, 6) is -0.469. The van der Waals surface area contributed by atoms with Gasteiger partial charge in [0.15, 0.2) is 5.79 Å². The standard InChI is InChI=1S/C22H21ClN2O3S/c23-15-5-7-16(8-6-15)29-20-17-3-1-2-4-18(17)24-19(20)21(26)25-11-9-22(10-12-25)27-13-14-28-22/h1-8,24H,9-14H2. The molecule has 3 aromatic rings. The highest BCUT2D eigenvalue weighted by Gasteiger charge is 2.41. The molecule has 29 heavy (non-hydrogen) atoms. The number of carbonyl (C=O) groups is 1. The third-order valence-corrected chi connectivity index (χ3v) is 6.92. The number of aromatic amines is 1. The molecule has 0 atom stereocenters. The average Bonchev–Trinajstić information content (AvgIpc) is 3.35. The van der Waals surface area contributed by atoms with Gasteiger partial charge >= 0.3 is 0 Å². The second kappa shape index (κ2) is 7.69. The summed E-state index contributed by atoms with van der Waals surface area (Å²) in [6, 6.07) is 15.7. The van der Waals surface area contributed by atoms with Gasteiger partial charge in [-0.05, 0) is 30.3 Å². The Morgan fingerprint density at radius 1 is 1.03 bits per heavy atom. The molecular formula is C22H21ClN2O3S. The highest BCUT2D eigenvalue weighted by molar-refractivity contribution is 7.99. The van der Waals surface area contributed by atoms with Gasteiger partial charge in [0.1, 0.15) is 5.69 Å². The number of benzene rings is 2. The van der Waals surface area contributed by atoms with Gasteiger partial charge in [0.05, 0.1) is 18.1 Å². The Labute approximate surface area is 178 Å². The first-order valence-corrected chi connectivity index (χ1v) is 10.9. The fraction of sp³-hybridized carbons (Fsp3) is 0.318. The monoisotopic (exact) mass is 428 g/mol. The van der Waals surface area contributed by atoms with E-state index in [0.717, 1.165) is 20.7 Å². The van der Waals surface area contributed by atoms with Crippen LogP contribution in [0, 0.1) is 0 Å². The minimum atomic E-state index is -0.488. The van der Waals surface area contributed by atoms with Crippen molar-refractivity contribution in [2.75, 3.05) is 26.3 Å². The number of aromatic nitrogens is 1. The predicted molar refractivity (Wildman–Crippen MR) is 114 cm³/mol. The van der Waals surface area contributed by atoms with E-state index < -0.39 is 5.79 Å². The molecule has 1 N–H and O–H groups in total. The van der Waals surface area contributed by atoms with Crippen LogP contribution in [0.25, 0.3) is 10.9 Å². The number of ether oxygens (including phenoxy) is 2. The summed E-state index contributed by atoms with van der Waals surface area (Å²) in [5, 5.41) is 1.75. The Kier molecular flexibility index (Phi) is 5.04. The molecule has 5 rings (SSSR count). The third-order valence-electron chi connectivity index (χ3n) is 5.53. The van der Waals surface area contributed by atoms with Crippen molar-refractivity contribution in [2.24, 2.45) is 0 Å². The average molecular weight is 429 g/mol. The van der Waals surface area contributed by atoms with E-state index in [-0.39, 0.29) is 5.91 Å². The van der Waals surface area contributed by atoms with Crippen LogP contribution in [-0.4, -0.2) is 47.9 Å². The molecule has 0 bridgehead atoms. The second-order valence-corrected chi connectivity index (χ2v) is 8.85. The first kappa shape index (κ1) is 19.0. The summed E-state index contributed by atoms with van der Waals surface area (Å²) in [4.78, 5) is 20.7. The number of fused-ring (bicyclic) bond motifs is 1. The van der Waals surface area contributed by atoms with Crippen molar-refractivity contribution in [1.29, 1.82) is 0 Å². The number of hydrogen-bond acceptors (Lipinski definition) is 4. The summed E-state index contributed by atoms with van der Waals surface area (Å²) in [5.41, 5.74) is 1.60. The second-order valence-electron chi connectivity index (χ2n) is 7.33. The van der Waals surface area contributed by atoms with E-state index in [9.17, 15) is 4.79 Å². The molecule has 1 spiro atoms. The Morgan fingerprint density at radius 3 is 2.45 bits per heavy atom. The lowest BCUT2D eigenvalue weighted by Gasteiger charge is -2.37. The summed E-state index contributed by atoms with van der Waals surface area (Å²) in [6.45, 7) is 2.52. The van der Waals surface area contributed by atoms with Gasteiger partial charge in [-0.3, -0.25) is 4.79 Å². The Balaban J connectivity index is 1.44. The number of hydrogen-bond donors (Lipinski definition) is 1. The highest BCUT2D eigenvalue weighted by Crippen LogP contribution is 2.38. The zero-order valence-electron chi connectivity index (χ0n) is 15.8. The number of likely N-dealkylation sites (tertiary alicyclic amines) is 1. The number of para-hydroxylation sites is 1. The van der Waals surface area contributed by atoms with Gasteiger partial charge in [-0.1, -0.05) is 41.6 Å². The van der Waals surface area contributed by atoms with Crippen LogP contribution in [0.2, 0.25) is 5.02 Å². The lowest BCUT2D eigenvalue weighted by molar-refractivity contribution is -0.181. The van der Waals surface area contributed by atoms with Crippen LogP contribution >= 0.6 is 23.4 Å². The summed E-state index contributed by atoms with van der Waals surface area (Å²) in [6.07, 6.45) is 1.41. The summed E-state index contributed by atoms with van der Waals surface area (Å²) in [7, 11) is 0. The van der Waals surface area contributed by atoms with Crippen molar-refractivity contribution in [3.63, 3.8) is 0 Å². The smallest absolute Gasteiger partial charge is 0.271 e. The molecule has 1 aromatic heterocycles. The molecule has 0 radical (unpaired) electrons. The molecule has 1 amide bonds. The van der Waals surface area contributed by atoms with E-state index in [4.69, 9.17) is 21.1 Å². The fourth-order valence-corrected chi connectivity index (χ4v) is 5.15. The predicted octanol–water partition coefficient (Wildman–Crippen LogP) is 4.95. The number of nitrogens with zero attached hydrogens (tertiary/aromatic N) is 1. The van der Waals surface area contributed by atoms with Gasteiger partial charge in [0.25, 0.3) is 5.91 Å². The van der Waals surface area contributed by atoms with Crippen molar-refractivity contribution < 1.29 is 14.3 Å². The molecule has 5 nitrogen and oxygen atoms in total. The maximum Gasteiger partial charge on any atom is 0.271 e. The number of carbonyl (C=O) groups excluding carboxylic acids is 1. The third kappa shape index (κ3) is 3.66. The molecule has 0 saturated carbocycles. The number of nitrogens with one attached hydrogen (secondary N) is 1. The highest BCUT2D eigenvalue weighted by atomic mass is 35.5. The quantitative estimate of drug-likeness (QED) is 0.641. The van der Waals surface area contributed by atoms with E-state index in [1.807, 2.05) is 53.4 Å².